The summed E-state index contributed by atoms with van der Waals surface area (Å²) in [5.41, 5.74) is 18.3. The third kappa shape index (κ3) is 4.79. The highest BCUT2D eigenvalue weighted by atomic mass is 32.1. The summed E-state index contributed by atoms with van der Waals surface area (Å²) in [4.78, 5) is 2.63. The Morgan fingerprint density at radius 1 is 0.547 bits per heavy atom. The van der Waals surface area contributed by atoms with Crippen LogP contribution in [0.4, 0.5) is 11.4 Å². The van der Waals surface area contributed by atoms with E-state index in [0.717, 1.165) is 44.3 Å². The minimum atomic E-state index is -0.210. The van der Waals surface area contributed by atoms with E-state index in [-0.39, 0.29) is 17.7 Å². The maximum Gasteiger partial charge on any atom is 0.333 e. The summed E-state index contributed by atoms with van der Waals surface area (Å²) in [5.74, 6) is 0. The Balaban J connectivity index is 1.22. The molecule has 0 radical (unpaired) electrons. The molecule has 12 aromatic rings. The molecular weight excluding hydrogens is 800 g/mol. The van der Waals surface area contributed by atoms with Crippen LogP contribution in [0.3, 0.4) is 0 Å². The molecule has 0 aliphatic carbocycles. The summed E-state index contributed by atoms with van der Waals surface area (Å²) < 4.78 is 19.1. The van der Waals surface area contributed by atoms with Crippen LogP contribution in [-0.4, -0.2) is 11.4 Å². The van der Waals surface area contributed by atoms with E-state index in [9.17, 15) is 0 Å². The van der Waals surface area contributed by atoms with Crippen LogP contribution < -0.4 is 15.7 Å². The Hall–Kier alpha value is -7.02. The van der Waals surface area contributed by atoms with Crippen LogP contribution >= 0.6 is 11.3 Å². The monoisotopic (exact) mass is 842 g/mol. The number of para-hydroxylation sites is 1. The first-order valence-electron chi connectivity index (χ1n) is 22.4. The molecule has 0 spiro atoms. The molecule has 0 amide bonds. The number of hydrogen-bond donors (Lipinski definition) is 0. The largest absolute Gasteiger partial charge is 0.464 e. The van der Waals surface area contributed by atoms with Crippen molar-refractivity contribution in [2.24, 2.45) is 0 Å². The smallest absolute Gasteiger partial charge is 0.333 e. The molecule has 0 unspecified atom stereocenters. The fourth-order valence-electron chi connectivity index (χ4n) is 11.2. The lowest BCUT2D eigenvalue weighted by Crippen LogP contribution is -2.60. The summed E-state index contributed by atoms with van der Waals surface area (Å²) in [6.07, 6.45) is 1.94. The van der Waals surface area contributed by atoms with Crippen molar-refractivity contribution in [2.75, 3.05) is 4.81 Å². The van der Waals surface area contributed by atoms with E-state index in [0.29, 0.717) is 0 Å². The normalized spacial score (nSPS) is 13.7. The van der Waals surface area contributed by atoms with Crippen LogP contribution in [0, 0.1) is 0 Å². The van der Waals surface area contributed by atoms with Gasteiger partial charge in [0, 0.05) is 80.9 Å². The highest BCUT2D eigenvalue weighted by Gasteiger charge is 2.47. The third-order valence-corrected chi connectivity index (χ3v) is 15.5. The van der Waals surface area contributed by atoms with Crippen molar-refractivity contribution in [3.63, 3.8) is 0 Å². The summed E-state index contributed by atoms with van der Waals surface area (Å²) >= 11 is 1.87. The summed E-state index contributed by atoms with van der Waals surface area (Å²) in [5, 5.41) is 8.48. The predicted molar refractivity (Wildman–Crippen MR) is 273 cm³/mol. The zero-order chi connectivity index (χ0) is 43.0. The third-order valence-electron chi connectivity index (χ3n) is 14.3. The van der Waals surface area contributed by atoms with Gasteiger partial charge in [0.25, 0.3) is 0 Å². The molecule has 4 nitrogen and oxygen atoms in total. The van der Waals surface area contributed by atoms with E-state index in [4.69, 9.17) is 8.83 Å². The first-order valence-corrected chi connectivity index (χ1v) is 23.2. The molecule has 8 aromatic carbocycles. The average Bonchev–Trinajstić information content (AvgIpc) is 4.07. The molecule has 0 fully saturated rings. The second-order valence-corrected chi connectivity index (χ2v) is 21.2. The quantitative estimate of drug-likeness (QED) is 0.163. The molecule has 2 aliphatic rings. The van der Waals surface area contributed by atoms with Gasteiger partial charge in [-0.05, 0) is 99.1 Å². The number of nitrogens with zero attached hydrogens (tertiary/aromatic N) is 2. The van der Waals surface area contributed by atoms with Crippen LogP contribution in [0.25, 0.3) is 103 Å². The van der Waals surface area contributed by atoms with Crippen LogP contribution in [-0.2, 0) is 10.8 Å². The van der Waals surface area contributed by atoms with Gasteiger partial charge >= 0.3 is 6.85 Å². The van der Waals surface area contributed by atoms with Crippen LogP contribution in [0.1, 0.15) is 52.7 Å². The molecule has 6 heterocycles. The van der Waals surface area contributed by atoms with E-state index in [1.165, 1.54) is 91.9 Å². The SMILES string of the molecule is CC(C)(C)c1ccc(N2B3c4cc5occ(-c6ccccc6)c5cc4-n4c5ccc(C(C)(C)C)cc5c5c6c(oc7ccccc76)c(c3c54)-c3cc4c(cc32)sc2ccccc24)cc1. The van der Waals surface area contributed by atoms with Crippen molar-refractivity contribution >= 4 is 115 Å². The Morgan fingerprint density at radius 2 is 1.28 bits per heavy atom. The topological polar surface area (TPSA) is 34.5 Å². The predicted octanol–water partition coefficient (Wildman–Crippen LogP) is 15.3. The Morgan fingerprint density at radius 3 is 2.08 bits per heavy atom. The van der Waals surface area contributed by atoms with E-state index in [1.54, 1.807) is 0 Å². The summed E-state index contributed by atoms with van der Waals surface area (Å²) in [7, 11) is 0. The van der Waals surface area contributed by atoms with Gasteiger partial charge in [0.15, 0.2) is 0 Å². The lowest BCUT2D eigenvalue weighted by atomic mass is 9.43. The molecule has 0 saturated heterocycles. The van der Waals surface area contributed by atoms with Crippen molar-refractivity contribution in [1.29, 1.82) is 0 Å². The summed E-state index contributed by atoms with van der Waals surface area (Å²) in [6.45, 7) is 13.6. The fraction of sp³-hybridized carbons (Fsp3) is 0.138. The van der Waals surface area contributed by atoms with Gasteiger partial charge in [-0.3, -0.25) is 0 Å². The first kappa shape index (κ1) is 36.5. The molecule has 0 bridgehead atoms. The molecule has 306 valence electrons. The van der Waals surface area contributed by atoms with E-state index < -0.39 is 0 Å². The van der Waals surface area contributed by atoms with Gasteiger partial charge in [0.05, 0.1) is 17.3 Å². The zero-order valence-corrected chi connectivity index (χ0v) is 37.4. The standard InChI is InChI=1S/C58H43BN2O2S/c1-57(2,3)33-20-23-35(24-21-33)61-45-30-50-39(36-16-11-13-19-49(36)64-50)27-41(45)53-54-55-51(52-37-17-10-12-18-47(37)63-56(52)53)40-26-34(58(4,5)6)22-25-44(40)60(55)46-28-38-42(32-14-8-7-9-15-32)31-62-48(38)29-43(46)59(54)61/h7-31H,1-6H3. The Kier molecular flexibility index (Phi) is 7.05. The summed E-state index contributed by atoms with van der Waals surface area (Å²) in [6, 6.07) is 54.4. The van der Waals surface area contributed by atoms with Crippen LogP contribution in [0.5, 0.6) is 0 Å². The van der Waals surface area contributed by atoms with Gasteiger partial charge in [-0.25, -0.2) is 0 Å². The van der Waals surface area contributed by atoms with Crippen molar-refractivity contribution in [3.8, 4) is 27.9 Å². The maximum atomic E-state index is 7.29. The lowest BCUT2D eigenvalue weighted by Gasteiger charge is -2.42. The van der Waals surface area contributed by atoms with Gasteiger partial charge in [-0.15, -0.1) is 11.3 Å². The van der Waals surface area contributed by atoms with Gasteiger partial charge in [0.1, 0.15) is 16.7 Å². The molecule has 0 N–H and O–H groups in total. The van der Waals surface area contributed by atoms with Crippen molar-refractivity contribution in [2.45, 2.75) is 52.4 Å². The minimum Gasteiger partial charge on any atom is -0.464 e. The number of fused-ring (bicyclic) bond motifs is 17. The van der Waals surface area contributed by atoms with Gasteiger partial charge in [-0.1, -0.05) is 126 Å². The highest BCUT2D eigenvalue weighted by molar-refractivity contribution is 7.25. The highest BCUT2D eigenvalue weighted by Crippen LogP contribution is 2.53. The van der Waals surface area contributed by atoms with E-state index >= 15 is 0 Å². The first-order chi connectivity index (χ1) is 31.0. The lowest BCUT2D eigenvalue weighted by molar-refractivity contribution is 0.590. The molecule has 4 aromatic heterocycles. The minimum absolute atomic E-state index is 0.0128. The molecule has 6 heteroatoms. The fourth-order valence-corrected chi connectivity index (χ4v) is 12.3. The number of benzene rings is 8. The molecule has 0 atom stereocenters. The molecule has 14 rings (SSSR count). The van der Waals surface area contributed by atoms with Gasteiger partial charge in [-0.2, -0.15) is 0 Å². The maximum absolute atomic E-state index is 7.29. The molecular formula is C58H43BN2O2S. The van der Waals surface area contributed by atoms with Crippen LogP contribution in [0.15, 0.2) is 161 Å². The number of rotatable bonds is 2. The zero-order valence-electron chi connectivity index (χ0n) is 36.6. The molecule has 2 aliphatic heterocycles. The van der Waals surface area contributed by atoms with Gasteiger partial charge < -0.3 is 18.2 Å². The van der Waals surface area contributed by atoms with E-state index in [1.807, 2.05) is 17.6 Å². The van der Waals surface area contributed by atoms with Crippen molar-refractivity contribution < 1.29 is 8.83 Å². The van der Waals surface area contributed by atoms with Crippen LogP contribution in [0.2, 0.25) is 0 Å². The Labute approximate surface area is 375 Å². The Bertz CT molecular complexity index is 3980. The average molecular weight is 843 g/mol. The number of anilines is 2. The molecule has 64 heavy (non-hydrogen) atoms. The second-order valence-electron chi connectivity index (χ2n) is 20.1. The van der Waals surface area contributed by atoms with Crippen molar-refractivity contribution in [3.05, 3.63) is 163 Å². The van der Waals surface area contributed by atoms with E-state index in [2.05, 4.69) is 197 Å². The number of hydrogen-bond acceptors (Lipinski definition) is 4. The second kappa shape index (κ2) is 12.4. The van der Waals surface area contributed by atoms with Gasteiger partial charge in [0.2, 0.25) is 0 Å². The number of furan rings is 2. The number of aromatic nitrogens is 1. The number of thiophene rings is 1. The van der Waals surface area contributed by atoms with Crippen molar-refractivity contribution in [1.82, 2.24) is 4.57 Å². The molecule has 0 saturated carbocycles.